The number of nitrogens with one attached hydrogen (secondary N) is 1. The normalized spacial score (nSPS) is 21.5. The Balaban J connectivity index is 0.00000169. The first kappa shape index (κ1) is 17.4. The zero-order valence-electron chi connectivity index (χ0n) is 13.4. The number of thiophene rings is 1. The van der Waals surface area contributed by atoms with Crippen molar-refractivity contribution < 1.29 is 4.79 Å². The Kier molecular flexibility index (Phi) is 5.22. The van der Waals surface area contributed by atoms with Crippen molar-refractivity contribution in [2.45, 2.75) is 37.8 Å². The van der Waals surface area contributed by atoms with Crippen LogP contribution in [-0.4, -0.2) is 41.0 Å². The predicted octanol–water partition coefficient (Wildman–Crippen LogP) is 1.94. The van der Waals surface area contributed by atoms with Crippen molar-refractivity contribution in [3.8, 4) is 0 Å². The van der Waals surface area contributed by atoms with Gasteiger partial charge >= 0.3 is 0 Å². The van der Waals surface area contributed by atoms with E-state index in [0.29, 0.717) is 12.5 Å². The molecule has 2 aliphatic rings. The molecule has 0 bridgehead atoms. The Morgan fingerprint density at radius 2 is 2.25 bits per heavy atom. The maximum absolute atomic E-state index is 12.6. The van der Waals surface area contributed by atoms with E-state index in [0.717, 1.165) is 35.4 Å². The molecule has 8 heteroatoms. The van der Waals surface area contributed by atoms with E-state index in [1.807, 2.05) is 11.4 Å². The number of carbonyl (C=O) groups excluding carboxylic acids is 1. The van der Waals surface area contributed by atoms with E-state index < -0.39 is 0 Å². The highest BCUT2D eigenvalue weighted by molar-refractivity contribution is 7.16. The molecule has 0 aromatic carbocycles. The minimum Gasteiger partial charge on any atom is -0.353 e. The summed E-state index contributed by atoms with van der Waals surface area (Å²) in [6.45, 7) is 1.43. The van der Waals surface area contributed by atoms with Gasteiger partial charge in [0.15, 0.2) is 0 Å². The van der Waals surface area contributed by atoms with Crippen LogP contribution in [0.4, 0.5) is 5.82 Å². The second-order valence-electron chi connectivity index (χ2n) is 6.43. The third-order valence-corrected chi connectivity index (χ3v) is 5.63. The molecule has 4 rings (SSSR count). The van der Waals surface area contributed by atoms with Gasteiger partial charge in [-0.3, -0.25) is 4.79 Å². The number of anilines is 1. The lowest BCUT2D eigenvalue weighted by Crippen LogP contribution is -2.47. The van der Waals surface area contributed by atoms with Gasteiger partial charge in [-0.15, -0.1) is 23.7 Å². The van der Waals surface area contributed by atoms with Crippen LogP contribution in [0.3, 0.4) is 0 Å². The number of nitrogens with two attached hydrogens (primary N) is 1. The molecule has 24 heavy (non-hydrogen) atoms. The van der Waals surface area contributed by atoms with Gasteiger partial charge in [-0.1, -0.05) is 0 Å². The molecule has 6 nitrogen and oxygen atoms in total. The van der Waals surface area contributed by atoms with Crippen LogP contribution in [0.25, 0.3) is 10.2 Å². The highest BCUT2D eigenvalue weighted by Gasteiger charge is 2.34. The third-order valence-electron chi connectivity index (χ3n) is 4.81. The van der Waals surface area contributed by atoms with Crippen molar-refractivity contribution in [1.82, 2.24) is 15.3 Å². The van der Waals surface area contributed by atoms with Crippen LogP contribution < -0.4 is 16.0 Å². The van der Waals surface area contributed by atoms with Gasteiger partial charge in [0.25, 0.3) is 0 Å². The molecule has 3 heterocycles. The average Bonchev–Trinajstić information content (AvgIpc) is 3.11. The summed E-state index contributed by atoms with van der Waals surface area (Å²) < 4.78 is 0. The van der Waals surface area contributed by atoms with E-state index in [1.54, 1.807) is 17.7 Å². The van der Waals surface area contributed by atoms with Gasteiger partial charge in [-0.05, 0) is 43.0 Å². The number of rotatable bonds is 5. The third kappa shape index (κ3) is 3.34. The van der Waals surface area contributed by atoms with Gasteiger partial charge in [0.05, 0.1) is 5.39 Å². The van der Waals surface area contributed by atoms with Crippen LogP contribution in [0.1, 0.15) is 25.7 Å². The van der Waals surface area contributed by atoms with Gasteiger partial charge < -0.3 is 16.0 Å². The molecule has 0 radical (unpaired) electrons. The first-order chi connectivity index (χ1) is 11.2. The lowest BCUT2D eigenvalue weighted by molar-refractivity contribution is -0.122. The second-order valence-corrected chi connectivity index (χ2v) is 7.33. The van der Waals surface area contributed by atoms with Crippen LogP contribution in [0.2, 0.25) is 0 Å². The SMILES string of the molecule is Cl.NC(CNC(=O)C1CCCN1c1ncnc2sccc12)C1CC1. The number of aromatic nitrogens is 2. The fraction of sp³-hybridized carbons (Fsp3) is 0.562. The molecule has 1 amide bonds. The fourth-order valence-electron chi connectivity index (χ4n) is 3.33. The predicted molar refractivity (Wildman–Crippen MR) is 98.7 cm³/mol. The highest BCUT2D eigenvalue weighted by atomic mass is 35.5. The van der Waals surface area contributed by atoms with Gasteiger partial charge in [0.1, 0.15) is 23.0 Å². The molecular weight excluding hydrogens is 346 g/mol. The lowest BCUT2D eigenvalue weighted by Gasteiger charge is -2.26. The Morgan fingerprint density at radius 1 is 1.42 bits per heavy atom. The van der Waals surface area contributed by atoms with E-state index in [9.17, 15) is 4.79 Å². The molecule has 2 aromatic rings. The van der Waals surface area contributed by atoms with E-state index >= 15 is 0 Å². The first-order valence-electron chi connectivity index (χ1n) is 8.22. The van der Waals surface area contributed by atoms with Crippen molar-refractivity contribution in [3.05, 3.63) is 17.8 Å². The van der Waals surface area contributed by atoms with E-state index in [4.69, 9.17) is 5.73 Å². The Labute approximate surface area is 151 Å². The number of halogens is 1. The largest absolute Gasteiger partial charge is 0.353 e. The van der Waals surface area contributed by atoms with Crippen LogP contribution in [0.15, 0.2) is 17.8 Å². The van der Waals surface area contributed by atoms with E-state index in [2.05, 4.69) is 20.2 Å². The summed E-state index contributed by atoms with van der Waals surface area (Å²) in [5, 5.41) is 6.09. The quantitative estimate of drug-likeness (QED) is 0.843. The zero-order valence-corrected chi connectivity index (χ0v) is 15.0. The van der Waals surface area contributed by atoms with Crippen molar-refractivity contribution in [2.75, 3.05) is 18.0 Å². The van der Waals surface area contributed by atoms with Gasteiger partial charge in [0, 0.05) is 19.1 Å². The Morgan fingerprint density at radius 3 is 3.04 bits per heavy atom. The minimum atomic E-state index is -0.153. The van der Waals surface area contributed by atoms with Gasteiger partial charge in [0.2, 0.25) is 5.91 Å². The summed E-state index contributed by atoms with van der Waals surface area (Å²) >= 11 is 1.60. The molecule has 2 unspecified atom stereocenters. The molecule has 1 aliphatic carbocycles. The minimum absolute atomic E-state index is 0. The topological polar surface area (TPSA) is 84.1 Å². The first-order valence-corrected chi connectivity index (χ1v) is 9.10. The molecular formula is C16H22ClN5OS. The summed E-state index contributed by atoms with van der Waals surface area (Å²) in [6.07, 6.45) is 5.85. The lowest BCUT2D eigenvalue weighted by atomic mass is 10.1. The number of nitrogens with zero attached hydrogens (tertiary/aromatic N) is 3. The van der Waals surface area contributed by atoms with Gasteiger partial charge in [-0.2, -0.15) is 0 Å². The summed E-state index contributed by atoms with van der Waals surface area (Å²) in [5.74, 6) is 1.54. The molecule has 1 saturated carbocycles. The monoisotopic (exact) mass is 367 g/mol. The molecule has 1 saturated heterocycles. The maximum Gasteiger partial charge on any atom is 0.242 e. The molecule has 1 aliphatic heterocycles. The van der Waals surface area contributed by atoms with Crippen LogP contribution in [0.5, 0.6) is 0 Å². The summed E-state index contributed by atoms with van der Waals surface area (Å²) in [7, 11) is 0. The van der Waals surface area contributed by atoms with Crippen molar-refractivity contribution in [2.24, 2.45) is 11.7 Å². The second kappa shape index (κ2) is 7.21. The molecule has 2 atom stereocenters. The number of hydrogen-bond donors (Lipinski definition) is 2. The maximum atomic E-state index is 12.6. The molecule has 2 aromatic heterocycles. The Hall–Kier alpha value is -1.44. The van der Waals surface area contributed by atoms with E-state index in [-0.39, 0.29) is 30.4 Å². The smallest absolute Gasteiger partial charge is 0.242 e. The molecule has 0 spiro atoms. The molecule has 3 N–H and O–H groups in total. The summed E-state index contributed by atoms with van der Waals surface area (Å²) in [4.78, 5) is 24.4. The van der Waals surface area contributed by atoms with Gasteiger partial charge in [-0.25, -0.2) is 9.97 Å². The van der Waals surface area contributed by atoms with Crippen molar-refractivity contribution >= 4 is 45.7 Å². The zero-order chi connectivity index (χ0) is 15.8. The fourth-order valence-corrected chi connectivity index (χ4v) is 4.05. The van der Waals surface area contributed by atoms with Crippen LogP contribution in [-0.2, 0) is 4.79 Å². The van der Waals surface area contributed by atoms with Crippen molar-refractivity contribution in [1.29, 1.82) is 0 Å². The molecule has 130 valence electrons. The summed E-state index contributed by atoms with van der Waals surface area (Å²) in [6, 6.07) is 1.97. The number of fused-ring (bicyclic) bond motifs is 1. The molecule has 2 fully saturated rings. The number of amides is 1. The van der Waals surface area contributed by atoms with Crippen LogP contribution in [0, 0.1) is 5.92 Å². The standard InChI is InChI=1S/C16H21N5OS.ClH/c17-12(10-3-4-10)8-18-15(22)13-2-1-6-21(13)14-11-5-7-23-16(11)20-9-19-14;/h5,7,9-10,12-13H,1-4,6,8,17H2,(H,18,22);1H. The van der Waals surface area contributed by atoms with E-state index in [1.165, 1.54) is 12.8 Å². The van der Waals surface area contributed by atoms with Crippen LogP contribution >= 0.6 is 23.7 Å². The number of carbonyl (C=O) groups is 1. The highest BCUT2D eigenvalue weighted by Crippen LogP contribution is 2.32. The Bertz CT molecular complexity index is 719. The number of hydrogen-bond acceptors (Lipinski definition) is 6. The van der Waals surface area contributed by atoms with Crippen molar-refractivity contribution in [3.63, 3.8) is 0 Å². The average molecular weight is 368 g/mol. The summed E-state index contributed by atoms with van der Waals surface area (Å²) in [5.41, 5.74) is 6.08.